The monoisotopic (exact) mass is 385 g/mol. The summed E-state index contributed by atoms with van der Waals surface area (Å²) in [6.45, 7) is 5.27. The van der Waals surface area contributed by atoms with E-state index in [0.29, 0.717) is 12.4 Å². The van der Waals surface area contributed by atoms with Crippen LogP contribution in [-0.2, 0) is 16.6 Å². The van der Waals surface area contributed by atoms with Crippen LogP contribution < -0.4 is 20.7 Å². The van der Waals surface area contributed by atoms with Crippen LogP contribution in [0.25, 0.3) is 0 Å². The molecule has 8 heteroatoms. The Labute approximate surface area is 159 Å². The molecule has 1 aliphatic heterocycles. The van der Waals surface area contributed by atoms with Crippen LogP contribution in [0.4, 0.5) is 5.69 Å². The van der Waals surface area contributed by atoms with Crippen molar-refractivity contribution in [2.24, 2.45) is 0 Å². The van der Waals surface area contributed by atoms with Gasteiger partial charge in [0.05, 0.1) is 16.9 Å². The van der Waals surface area contributed by atoms with Gasteiger partial charge in [0.1, 0.15) is 0 Å². The molecular formula is C19H23N5O2S. The summed E-state index contributed by atoms with van der Waals surface area (Å²) in [6.07, 6.45) is 7.80. The van der Waals surface area contributed by atoms with Crippen molar-refractivity contribution in [1.29, 1.82) is 0 Å². The van der Waals surface area contributed by atoms with Gasteiger partial charge >= 0.3 is 0 Å². The molecule has 7 nitrogen and oxygen atoms in total. The van der Waals surface area contributed by atoms with E-state index in [9.17, 15) is 8.42 Å². The van der Waals surface area contributed by atoms with Gasteiger partial charge in [0.25, 0.3) is 0 Å². The lowest BCUT2D eigenvalue weighted by atomic mass is 10.3. The fourth-order valence-electron chi connectivity index (χ4n) is 2.59. The number of benzene rings is 1. The van der Waals surface area contributed by atoms with Crippen molar-refractivity contribution in [2.75, 3.05) is 11.9 Å². The zero-order valence-electron chi connectivity index (χ0n) is 14.9. The third-order valence-electron chi connectivity index (χ3n) is 3.97. The molecule has 4 N–H and O–H groups in total. The second-order valence-electron chi connectivity index (χ2n) is 6.11. The molecule has 0 radical (unpaired) electrons. The topological polar surface area (TPSA) is 95.2 Å². The summed E-state index contributed by atoms with van der Waals surface area (Å²) in [7, 11) is -3.59. The minimum Gasteiger partial charge on any atom is -0.368 e. The van der Waals surface area contributed by atoms with Gasteiger partial charge in [0.15, 0.2) is 0 Å². The van der Waals surface area contributed by atoms with Crippen molar-refractivity contribution in [3.8, 4) is 0 Å². The molecule has 0 bridgehead atoms. The van der Waals surface area contributed by atoms with Gasteiger partial charge in [-0.05, 0) is 42.3 Å². The van der Waals surface area contributed by atoms with Crippen molar-refractivity contribution in [3.63, 3.8) is 0 Å². The van der Waals surface area contributed by atoms with Gasteiger partial charge < -0.3 is 10.6 Å². The first kappa shape index (κ1) is 19.1. The van der Waals surface area contributed by atoms with Gasteiger partial charge in [-0.3, -0.25) is 10.3 Å². The SMILES string of the molecule is C=C(NCc1cccnc1)Nc1ccc(S(=O)(=O)NC2C=CCCN2)cc1. The standard InChI is InChI=1S/C19H23N5O2S/c1-15(22-14-16-5-4-11-20-13-16)23-17-7-9-18(10-8-17)27(25,26)24-19-6-2-3-12-21-19/h2,4-11,13,19,21-24H,1,3,12,14H2. The number of aromatic nitrogens is 1. The smallest absolute Gasteiger partial charge is 0.242 e. The predicted octanol–water partition coefficient (Wildman–Crippen LogP) is 1.91. The fraction of sp³-hybridized carbons (Fsp3) is 0.211. The van der Waals surface area contributed by atoms with Gasteiger partial charge in [-0.15, -0.1) is 0 Å². The average Bonchev–Trinajstić information content (AvgIpc) is 2.68. The number of sulfonamides is 1. The van der Waals surface area contributed by atoms with E-state index in [0.717, 1.165) is 24.2 Å². The summed E-state index contributed by atoms with van der Waals surface area (Å²) >= 11 is 0. The van der Waals surface area contributed by atoms with Crippen LogP contribution in [0.15, 0.2) is 78.2 Å². The largest absolute Gasteiger partial charge is 0.368 e. The fourth-order valence-corrected chi connectivity index (χ4v) is 3.71. The van der Waals surface area contributed by atoms with Gasteiger partial charge in [-0.25, -0.2) is 8.42 Å². The van der Waals surface area contributed by atoms with Gasteiger partial charge in [-0.2, -0.15) is 4.72 Å². The highest BCUT2D eigenvalue weighted by Crippen LogP contribution is 2.15. The zero-order chi connectivity index (χ0) is 19.1. The van der Waals surface area contributed by atoms with E-state index in [4.69, 9.17) is 0 Å². The Hall–Kier alpha value is -2.68. The second-order valence-corrected chi connectivity index (χ2v) is 7.83. The molecule has 2 aromatic rings. The first-order chi connectivity index (χ1) is 13.0. The maximum Gasteiger partial charge on any atom is 0.242 e. The molecule has 1 aromatic heterocycles. The highest BCUT2D eigenvalue weighted by molar-refractivity contribution is 7.89. The molecule has 0 saturated heterocycles. The van der Waals surface area contributed by atoms with Crippen molar-refractivity contribution in [2.45, 2.75) is 24.0 Å². The molecule has 27 heavy (non-hydrogen) atoms. The molecule has 0 aliphatic carbocycles. The molecule has 0 spiro atoms. The molecule has 142 valence electrons. The van der Waals surface area contributed by atoms with E-state index in [1.807, 2.05) is 24.3 Å². The minimum atomic E-state index is -3.59. The highest BCUT2D eigenvalue weighted by Gasteiger charge is 2.19. The number of pyridine rings is 1. The number of hydrogen-bond acceptors (Lipinski definition) is 6. The third-order valence-corrected chi connectivity index (χ3v) is 5.43. The molecule has 1 atom stereocenters. The number of nitrogens with zero attached hydrogens (tertiary/aromatic N) is 1. The van der Waals surface area contributed by atoms with E-state index < -0.39 is 10.0 Å². The van der Waals surface area contributed by atoms with E-state index in [2.05, 4.69) is 32.2 Å². The Balaban J connectivity index is 1.55. The van der Waals surface area contributed by atoms with Gasteiger partial charge in [0.2, 0.25) is 10.0 Å². The molecule has 0 saturated carbocycles. The van der Waals surface area contributed by atoms with Crippen LogP contribution in [-0.4, -0.2) is 26.1 Å². The average molecular weight is 385 g/mol. The summed E-state index contributed by atoms with van der Waals surface area (Å²) in [6, 6.07) is 10.4. The Morgan fingerprint density at radius 2 is 2.07 bits per heavy atom. The molecule has 3 rings (SSSR count). The van der Waals surface area contributed by atoms with E-state index >= 15 is 0 Å². The molecule has 1 unspecified atom stereocenters. The molecule has 0 fully saturated rings. The Morgan fingerprint density at radius 1 is 1.26 bits per heavy atom. The molecule has 1 aliphatic rings. The summed E-state index contributed by atoms with van der Waals surface area (Å²) < 4.78 is 27.5. The van der Waals surface area contributed by atoms with Crippen molar-refractivity contribution >= 4 is 15.7 Å². The second kappa shape index (κ2) is 8.81. The van der Waals surface area contributed by atoms with Crippen LogP contribution in [0, 0.1) is 0 Å². The predicted molar refractivity (Wildman–Crippen MR) is 106 cm³/mol. The summed E-state index contributed by atoms with van der Waals surface area (Å²) in [5.74, 6) is 0.615. The van der Waals surface area contributed by atoms with Crippen LogP contribution in [0.5, 0.6) is 0 Å². The maximum absolute atomic E-state index is 12.5. The molecule has 0 amide bonds. The number of rotatable bonds is 8. The lowest BCUT2D eigenvalue weighted by molar-refractivity contribution is 0.523. The van der Waals surface area contributed by atoms with Crippen molar-refractivity contribution in [1.82, 2.24) is 20.3 Å². The molecule has 1 aromatic carbocycles. The first-order valence-corrected chi connectivity index (χ1v) is 10.1. The number of hydrogen-bond donors (Lipinski definition) is 4. The van der Waals surface area contributed by atoms with E-state index in [-0.39, 0.29) is 11.1 Å². The van der Waals surface area contributed by atoms with Gasteiger partial charge in [0, 0.05) is 31.2 Å². The lowest BCUT2D eigenvalue weighted by Crippen LogP contribution is -2.45. The highest BCUT2D eigenvalue weighted by atomic mass is 32.2. The number of anilines is 1. The minimum absolute atomic E-state index is 0.211. The van der Waals surface area contributed by atoms with Crippen molar-refractivity contribution in [3.05, 3.63) is 78.9 Å². The van der Waals surface area contributed by atoms with Crippen LogP contribution in [0.1, 0.15) is 12.0 Å². The van der Waals surface area contributed by atoms with Crippen LogP contribution in [0.2, 0.25) is 0 Å². The van der Waals surface area contributed by atoms with E-state index in [1.165, 1.54) is 0 Å². The summed E-state index contributed by atoms with van der Waals surface area (Å²) in [5.41, 5.74) is 1.78. The first-order valence-electron chi connectivity index (χ1n) is 8.64. The van der Waals surface area contributed by atoms with Crippen LogP contribution in [0.3, 0.4) is 0 Å². The Bertz CT molecular complexity index is 895. The third kappa shape index (κ3) is 5.65. The molecular weight excluding hydrogens is 362 g/mol. The summed E-state index contributed by atoms with van der Waals surface area (Å²) in [4.78, 5) is 4.27. The zero-order valence-corrected chi connectivity index (χ0v) is 15.7. The Kier molecular flexibility index (Phi) is 6.23. The van der Waals surface area contributed by atoms with E-state index in [1.54, 1.807) is 36.7 Å². The normalized spacial score (nSPS) is 16.7. The summed E-state index contributed by atoms with van der Waals surface area (Å²) in [5, 5.41) is 9.36. The number of nitrogens with one attached hydrogen (secondary N) is 4. The maximum atomic E-state index is 12.5. The van der Waals surface area contributed by atoms with Gasteiger partial charge in [-0.1, -0.05) is 24.8 Å². The quantitative estimate of drug-likeness (QED) is 0.519. The Morgan fingerprint density at radius 3 is 2.74 bits per heavy atom. The van der Waals surface area contributed by atoms with Crippen LogP contribution >= 0.6 is 0 Å². The molecule has 2 heterocycles. The lowest BCUT2D eigenvalue weighted by Gasteiger charge is -2.20. The van der Waals surface area contributed by atoms with Crippen molar-refractivity contribution < 1.29 is 8.42 Å².